The number of ether oxygens (including phenoxy) is 1. The highest BCUT2D eigenvalue weighted by atomic mass is 35.5. The van der Waals surface area contributed by atoms with Gasteiger partial charge in [-0.2, -0.15) is 0 Å². The Morgan fingerprint density at radius 2 is 1.43 bits per heavy atom. The lowest BCUT2D eigenvalue weighted by molar-refractivity contribution is 0.390. The first-order valence-corrected chi connectivity index (χ1v) is 10.5. The molecule has 1 N–H and O–H groups in total. The van der Waals surface area contributed by atoms with Crippen molar-refractivity contribution in [3.8, 4) is 17.2 Å². The molecule has 0 aliphatic heterocycles. The van der Waals surface area contributed by atoms with Crippen molar-refractivity contribution in [1.29, 1.82) is 0 Å². The molecule has 146 valence electrons. The molecule has 0 aromatic heterocycles. The molecule has 0 aliphatic rings. The van der Waals surface area contributed by atoms with Crippen molar-refractivity contribution in [2.24, 2.45) is 0 Å². The summed E-state index contributed by atoms with van der Waals surface area (Å²) in [6.07, 6.45) is 0. The Balaban J connectivity index is 1.98. The molecule has 3 aromatic rings. The molecule has 0 unspecified atom stereocenters. The van der Waals surface area contributed by atoms with E-state index in [1.54, 1.807) is 42.5 Å². The summed E-state index contributed by atoms with van der Waals surface area (Å²) in [7, 11) is -2.36. The Morgan fingerprint density at radius 1 is 0.857 bits per heavy atom. The molecule has 0 atom stereocenters. The van der Waals surface area contributed by atoms with Gasteiger partial charge in [0, 0.05) is 5.02 Å². The van der Waals surface area contributed by atoms with E-state index in [1.165, 1.54) is 7.11 Å². The molecule has 7 heteroatoms. The normalized spacial score (nSPS) is 11.0. The predicted octanol–water partition coefficient (Wildman–Crippen LogP) is 6.64. The van der Waals surface area contributed by atoms with Crippen LogP contribution in [0.2, 0.25) is 5.02 Å². The first kappa shape index (κ1) is 20.1. The maximum absolute atomic E-state index is 13.7. The summed E-state index contributed by atoms with van der Waals surface area (Å²) in [5.74, 6) is 1.30. The number of hydrogen-bond donors (Lipinski definition) is 1. The van der Waals surface area contributed by atoms with Crippen molar-refractivity contribution in [3.63, 3.8) is 0 Å². The second kappa shape index (κ2) is 8.59. The SMILES string of the molecule is COc1ccc(Cl)cc1NP(=O)(Oc1cccc(C)c1)Oc1cccc(C)c1. The van der Waals surface area contributed by atoms with Crippen LogP contribution in [0.15, 0.2) is 66.7 Å². The molecule has 0 aliphatic carbocycles. The quantitative estimate of drug-likeness (QED) is 0.436. The minimum absolute atomic E-state index is 0.402. The molecule has 3 aromatic carbocycles. The summed E-state index contributed by atoms with van der Waals surface area (Å²) in [6.45, 7) is 3.85. The van der Waals surface area contributed by atoms with Gasteiger partial charge in [-0.3, -0.25) is 5.09 Å². The third-order valence-electron chi connectivity index (χ3n) is 3.85. The van der Waals surface area contributed by atoms with Gasteiger partial charge in [0.2, 0.25) is 0 Å². The molecule has 0 spiro atoms. The van der Waals surface area contributed by atoms with Crippen molar-refractivity contribution < 1.29 is 18.3 Å². The fourth-order valence-electron chi connectivity index (χ4n) is 2.60. The molecule has 0 amide bonds. The molecular weight excluding hydrogens is 397 g/mol. The molecule has 0 fully saturated rings. The lowest BCUT2D eigenvalue weighted by atomic mass is 10.2. The van der Waals surface area contributed by atoms with Gasteiger partial charge in [0.05, 0.1) is 12.8 Å². The Kier molecular flexibility index (Phi) is 6.18. The Hall–Kier alpha value is -2.62. The van der Waals surface area contributed by atoms with Gasteiger partial charge < -0.3 is 13.8 Å². The highest BCUT2D eigenvalue weighted by molar-refractivity contribution is 7.56. The van der Waals surface area contributed by atoms with E-state index in [9.17, 15) is 4.57 Å². The van der Waals surface area contributed by atoms with Crippen molar-refractivity contribution >= 4 is 25.0 Å². The first-order valence-electron chi connectivity index (χ1n) is 8.61. The molecule has 0 radical (unpaired) electrons. The molecule has 5 nitrogen and oxygen atoms in total. The molecule has 0 saturated carbocycles. The summed E-state index contributed by atoms with van der Waals surface area (Å²) in [5.41, 5.74) is 2.35. The molecular formula is C21H21ClNO4P. The predicted molar refractivity (Wildman–Crippen MR) is 113 cm³/mol. The maximum Gasteiger partial charge on any atom is 0.541 e. The molecule has 28 heavy (non-hydrogen) atoms. The van der Waals surface area contributed by atoms with Gasteiger partial charge in [-0.05, 0) is 67.4 Å². The fraction of sp³-hybridized carbons (Fsp3) is 0.143. The van der Waals surface area contributed by atoms with Crippen LogP contribution in [0.4, 0.5) is 5.69 Å². The van der Waals surface area contributed by atoms with E-state index in [2.05, 4.69) is 5.09 Å². The van der Waals surface area contributed by atoms with Gasteiger partial charge in [0.1, 0.15) is 17.2 Å². The van der Waals surface area contributed by atoms with E-state index < -0.39 is 7.75 Å². The second-order valence-corrected chi connectivity index (χ2v) is 8.29. The molecule has 0 bridgehead atoms. The standard InChI is InChI=1S/C21H21ClNO4P/c1-15-6-4-8-18(12-15)26-28(24,27-19-9-5-7-16(2)13-19)23-20-14-17(22)10-11-21(20)25-3/h4-14H,1-3H3,(H,23,24). The van der Waals surface area contributed by atoms with Gasteiger partial charge >= 0.3 is 7.75 Å². The van der Waals surface area contributed by atoms with E-state index >= 15 is 0 Å². The summed E-state index contributed by atoms with van der Waals surface area (Å²) in [4.78, 5) is 0. The zero-order chi connectivity index (χ0) is 20.1. The molecule has 0 heterocycles. The van der Waals surface area contributed by atoms with Crippen LogP contribution in [0, 0.1) is 13.8 Å². The summed E-state index contributed by atoms with van der Waals surface area (Å²) in [6, 6.07) is 19.4. The number of nitrogens with one attached hydrogen (secondary N) is 1. The van der Waals surface area contributed by atoms with Crippen molar-refractivity contribution in [3.05, 3.63) is 82.9 Å². The average molecular weight is 418 g/mol. The van der Waals surface area contributed by atoms with Gasteiger partial charge in [0.25, 0.3) is 0 Å². The van der Waals surface area contributed by atoms with Crippen molar-refractivity contribution in [1.82, 2.24) is 0 Å². The second-order valence-electron chi connectivity index (χ2n) is 6.27. The third-order valence-corrected chi connectivity index (χ3v) is 5.50. The summed E-state index contributed by atoms with van der Waals surface area (Å²) >= 11 is 6.10. The number of aryl methyl sites for hydroxylation is 2. The van der Waals surface area contributed by atoms with Crippen molar-refractivity contribution in [2.45, 2.75) is 13.8 Å². The maximum atomic E-state index is 13.7. The van der Waals surface area contributed by atoms with Crippen LogP contribution >= 0.6 is 19.3 Å². The molecule has 0 saturated heterocycles. The third kappa shape index (κ3) is 5.22. The van der Waals surface area contributed by atoms with E-state index in [0.717, 1.165) is 11.1 Å². The monoisotopic (exact) mass is 417 g/mol. The number of anilines is 1. The van der Waals surface area contributed by atoms with Crippen LogP contribution in [0.1, 0.15) is 11.1 Å². The average Bonchev–Trinajstić information content (AvgIpc) is 2.61. The van der Waals surface area contributed by atoms with E-state index in [1.807, 2.05) is 38.1 Å². The highest BCUT2D eigenvalue weighted by Crippen LogP contribution is 2.50. The minimum atomic E-state index is -3.87. The van der Waals surface area contributed by atoms with Crippen LogP contribution < -0.4 is 18.9 Å². The fourth-order valence-corrected chi connectivity index (χ4v) is 4.15. The number of rotatable bonds is 7. The Morgan fingerprint density at radius 3 is 1.93 bits per heavy atom. The minimum Gasteiger partial charge on any atom is -0.495 e. The van der Waals surface area contributed by atoms with Crippen LogP contribution in [0.3, 0.4) is 0 Å². The topological polar surface area (TPSA) is 56.8 Å². The smallest absolute Gasteiger partial charge is 0.495 e. The summed E-state index contributed by atoms with van der Waals surface area (Å²) in [5, 5.41) is 3.31. The van der Waals surface area contributed by atoms with Gasteiger partial charge in [-0.1, -0.05) is 35.9 Å². The Bertz CT molecular complexity index is 973. The van der Waals surface area contributed by atoms with Crippen LogP contribution in [0.25, 0.3) is 0 Å². The highest BCUT2D eigenvalue weighted by Gasteiger charge is 2.30. The number of halogens is 1. The lowest BCUT2D eigenvalue weighted by Gasteiger charge is -2.22. The number of benzene rings is 3. The zero-order valence-electron chi connectivity index (χ0n) is 15.8. The number of methoxy groups -OCH3 is 1. The van der Waals surface area contributed by atoms with Gasteiger partial charge in [-0.25, -0.2) is 4.57 Å². The van der Waals surface area contributed by atoms with Crippen LogP contribution in [-0.4, -0.2) is 7.11 Å². The van der Waals surface area contributed by atoms with Crippen LogP contribution in [-0.2, 0) is 4.57 Å². The molecule has 3 rings (SSSR count). The first-order chi connectivity index (χ1) is 13.4. The van der Waals surface area contributed by atoms with E-state index in [4.69, 9.17) is 25.4 Å². The van der Waals surface area contributed by atoms with Crippen LogP contribution in [0.5, 0.6) is 17.2 Å². The zero-order valence-corrected chi connectivity index (χ0v) is 17.5. The Labute approximate surface area is 169 Å². The van der Waals surface area contributed by atoms with Gasteiger partial charge in [0.15, 0.2) is 0 Å². The van der Waals surface area contributed by atoms with Gasteiger partial charge in [-0.15, -0.1) is 0 Å². The number of hydrogen-bond acceptors (Lipinski definition) is 4. The largest absolute Gasteiger partial charge is 0.541 e. The van der Waals surface area contributed by atoms with E-state index in [0.29, 0.717) is 28.0 Å². The van der Waals surface area contributed by atoms with E-state index in [-0.39, 0.29) is 0 Å². The van der Waals surface area contributed by atoms with Crippen molar-refractivity contribution in [2.75, 3.05) is 12.2 Å². The lowest BCUT2D eigenvalue weighted by Crippen LogP contribution is -2.10. The summed E-state index contributed by atoms with van der Waals surface area (Å²) < 4.78 is 30.6.